The number of methoxy groups -OCH3 is 1. The summed E-state index contributed by atoms with van der Waals surface area (Å²) in [6.45, 7) is 0. The Balaban J connectivity index is 1.43. The average molecular weight is 425 g/mol. The maximum absolute atomic E-state index is 12.1. The van der Waals surface area contributed by atoms with Crippen LogP contribution in [0.25, 0.3) is 10.9 Å². The molecular formula is C25H23N5O2. The highest BCUT2D eigenvalue weighted by Gasteiger charge is 2.29. The molecule has 1 aliphatic rings. The number of nitrogens with one attached hydrogen (secondary N) is 3. The number of anilines is 5. The van der Waals surface area contributed by atoms with Crippen LogP contribution in [-0.2, 0) is 4.79 Å². The summed E-state index contributed by atoms with van der Waals surface area (Å²) in [5, 5.41) is 10.5. The van der Waals surface area contributed by atoms with Gasteiger partial charge in [-0.05, 0) is 55.3 Å². The minimum absolute atomic E-state index is 0.0777. The molecule has 0 aliphatic heterocycles. The summed E-state index contributed by atoms with van der Waals surface area (Å²) in [5.74, 6) is 2.13. The second-order valence-electron chi connectivity index (χ2n) is 7.74. The van der Waals surface area contributed by atoms with Gasteiger partial charge < -0.3 is 20.7 Å². The molecule has 7 heteroatoms. The van der Waals surface area contributed by atoms with E-state index >= 15 is 0 Å². The highest BCUT2D eigenvalue weighted by molar-refractivity contribution is 5.95. The third-order valence-electron chi connectivity index (χ3n) is 5.27. The predicted octanol–water partition coefficient (Wildman–Crippen LogP) is 5.47. The molecule has 3 aromatic carbocycles. The molecule has 0 saturated heterocycles. The summed E-state index contributed by atoms with van der Waals surface area (Å²) in [5.41, 5.74) is 3.22. The standard InChI is InChI=1S/C25H23N5O2/c1-32-20-9-5-8-19(15-20)26-23-21-10-2-3-11-22(21)29-25(30-23)28-18-7-4-6-17(14-18)27-24(31)16-12-13-16/h2-11,14-16H,12-13H2,1H3,(H,27,31)(H2,26,28,29,30). The molecule has 0 bridgehead atoms. The zero-order valence-corrected chi connectivity index (χ0v) is 17.6. The maximum atomic E-state index is 12.1. The van der Waals surface area contributed by atoms with Gasteiger partial charge in [-0.15, -0.1) is 0 Å². The number of aromatic nitrogens is 2. The summed E-state index contributed by atoms with van der Waals surface area (Å²) >= 11 is 0. The number of ether oxygens (including phenoxy) is 1. The molecule has 160 valence electrons. The van der Waals surface area contributed by atoms with Crippen LogP contribution in [-0.4, -0.2) is 23.0 Å². The highest BCUT2D eigenvalue weighted by Crippen LogP contribution is 2.31. The number of para-hydroxylation sites is 1. The van der Waals surface area contributed by atoms with Gasteiger partial charge in [-0.25, -0.2) is 4.98 Å². The minimum atomic E-state index is 0.0777. The van der Waals surface area contributed by atoms with Gasteiger partial charge in [0.25, 0.3) is 0 Å². The van der Waals surface area contributed by atoms with Gasteiger partial charge in [0.1, 0.15) is 11.6 Å². The number of nitrogens with zero attached hydrogens (tertiary/aromatic N) is 2. The summed E-state index contributed by atoms with van der Waals surface area (Å²) in [6.07, 6.45) is 1.94. The molecule has 1 heterocycles. The molecule has 0 radical (unpaired) electrons. The fourth-order valence-corrected chi connectivity index (χ4v) is 3.46. The summed E-state index contributed by atoms with van der Waals surface area (Å²) in [4.78, 5) is 21.5. The smallest absolute Gasteiger partial charge is 0.229 e. The molecule has 1 amide bonds. The van der Waals surface area contributed by atoms with Crippen molar-refractivity contribution in [3.8, 4) is 5.75 Å². The molecule has 4 aromatic rings. The number of fused-ring (bicyclic) bond motifs is 1. The van der Waals surface area contributed by atoms with Gasteiger partial charge in [0, 0.05) is 34.4 Å². The Kier molecular flexibility index (Phi) is 5.29. The quantitative estimate of drug-likeness (QED) is 0.364. The van der Waals surface area contributed by atoms with Crippen LogP contribution in [0.3, 0.4) is 0 Å². The SMILES string of the molecule is COc1cccc(Nc2nc(Nc3cccc(NC(=O)C4CC4)c3)nc3ccccc23)c1. The molecule has 1 aromatic heterocycles. The Morgan fingerprint density at radius 2 is 1.62 bits per heavy atom. The molecule has 5 rings (SSSR count). The highest BCUT2D eigenvalue weighted by atomic mass is 16.5. The van der Waals surface area contributed by atoms with Crippen LogP contribution in [0.15, 0.2) is 72.8 Å². The van der Waals surface area contributed by atoms with Crippen LogP contribution in [0.4, 0.5) is 28.8 Å². The third-order valence-corrected chi connectivity index (χ3v) is 5.27. The third kappa shape index (κ3) is 4.46. The lowest BCUT2D eigenvalue weighted by molar-refractivity contribution is -0.117. The van der Waals surface area contributed by atoms with Crippen LogP contribution in [0.2, 0.25) is 0 Å². The van der Waals surface area contributed by atoms with Gasteiger partial charge in [0.05, 0.1) is 12.6 Å². The minimum Gasteiger partial charge on any atom is -0.497 e. The van der Waals surface area contributed by atoms with Crippen LogP contribution in [0.5, 0.6) is 5.75 Å². The molecule has 0 atom stereocenters. The van der Waals surface area contributed by atoms with Gasteiger partial charge in [-0.2, -0.15) is 4.98 Å². The van der Waals surface area contributed by atoms with Crippen LogP contribution in [0.1, 0.15) is 12.8 Å². The summed E-state index contributed by atoms with van der Waals surface area (Å²) in [6, 6.07) is 23.1. The lowest BCUT2D eigenvalue weighted by Gasteiger charge is -2.13. The number of hydrogen-bond acceptors (Lipinski definition) is 6. The summed E-state index contributed by atoms with van der Waals surface area (Å²) in [7, 11) is 1.64. The van der Waals surface area contributed by atoms with Crippen LogP contribution < -0.4 is 20.7 Å². The predicted molar refractivity (Wildman–Crippen MR) is 127 cm³/mol. The first-order chi connectivity index (χ1) is 15.7. The topological polar surface area (TPSA) is 88.2 Å². The molecule has 1 fully saturated rings. The molecule has 32 heavy (non-hydrogen) atoms. The van der Waals surface area contributed by atoms with Crippen molar-refractivity contribution in [2.75, 3.05) is 23.1 Å². The normalized spacial score (nSPS) is 12.9. The van der Waals surface area contributed by atoms with Gasteiger partial charge in [0.2, 0.25) is 11.9 Å². The van der Waals surface area contributed by atoms with Crippen molar-refractivity contribution in [1.82, 2.24) is 9.97 Å². The van der Waals surface area contributed by atoms with E-state index in [-0.39, 0.29) is 11.8 Å². The van der Waals surface area contributed by atoms with Crippen molar-refractivity contribution in [2.24, 2.45) is 5.92 Å². The molecule has 0 unspecified atom stereocenters. The largest absolute Gasteiger partial charge is 0.497 e. The van der Waals surface area contributed by atoms with E-state index < -0.39 is 0 Å². The van der Waals surface area contributed by atoms with Crippen molar-refractivity contribution in [1.29, 1.82) is 0 Å². The Bertz CT molecular complexity index is 1290. The molecule has 7 nitrogen and oxygen atoms in total. The zero-order chi connectivity index (χ0) is 21.9. The Morgan fingerprint density at radius 1 is 0.875 bits per heavy atom. The molecule has 1 saturated carbocycles. The lowest BCUT2D eigenvalue weighted by Crippen LogP contribution is -2.13. The molecule has 1 aliphatic carbocycles. The van der Waals surface area contributed by atoms with Gasteiger partial charge in [-0.3, -0.25) is 4.79 Å². The van der Waals surface area contributed by atoms with E-state index in [9.17, 15) is 4.79 Å². The number of carbonyl (C=O) groups is 1. The van der Waals surface area contributed by atoms with Crippen LogP contribution >= 0.6 is 0 Å². The number of benzene rings is 3. The lowest BCUT2D eigenvalue weighted by atomic mass is 10.2. The van der Waals surface area contributed by atoms with Crippen molar-refractivity contribution in [3.63, 3.8) is 0 Å². The van der Waals surface area contributed by atoms with Gasteiger partial charge in [-0.1, -0.05) is 24.3 Å². The molecular weight excluding hydrogens is 402 g/mol. The van der Waals surface area contributed by atoms with E-state index in [4.69, 9.17) is 9.72 Å². The first kappa shape index (κ1) is 19.8. The van der Waals surface area contributed by atoms with Crippen molar-refractivity contribution < 1.29 is 9.53 Å². The average Bonchev–Trinajstić information content (AvgIpc) is 3.65. The monoisotopic (exact) mass is 425 g/mol. The number of amides is 1. The van der Waals surface area contributed by atoms with E-state index in [0.29, 0.717) is 11.8 Å². The van der Waals surface area contributed by atoms with E-state index in [2.05, 4.69) is 20.9 Å². The first-order valence-corrected chi connectivity index (χ1v) is 10.5. The van der Waals surface area contributed by atoms with E-state index in [0.717, 1.165) is 46.6 Å². The second kappa shape index (κ2) is 8.55. The number of hydrogen-bond donors (Lipinski definition) is 3. The van der Waals surface area contributed by atoms with E-state index in [1.54, 1.807) is 7.11 Å². The van der Waals surface area contributed by atoms with E-state index in [1.807, 2.05) is 72.8 Å². The van der Waals surface area contributed by atoms with Gasteiger partial charge >= 0.3 is 0 Å². The maximum Gasteiger partial charge on any atom is 0.229 e. The zero-order valence-electron chi connectivity index (χ0n) is 17.6. The Labute approximate surface area is 185 Å². The molecule has 3 N–H and O–H groups in total. The fraction of sp³-hybridized carbons (Fsp3) is 0.160. The van der Waals surface area contributed by atoms with Gasteiger partial charge in [0.15, 0.2) is 0 Å². The first-order valence-electron chi connectivity index (χ1n) is 10.5. The van der Waals surface area contributed by atoms with Crippen molar-refractivity contribution in [3.05, 3.63) is 72.8 Å². The number of rotatable bonds is 7. The van der Waals surface area contributed by atoms with Crippen molar-refractivity contribution >= 4 is 45.6 Å². The number of carbonyl (C=O) groups excluding carboxylic acids is 1. The second-order valence-corrected chi connectivity index (χ2v) is 7.74. The Hall–Kier alpha value is -4.13. The van der Waals surface area contributed by atoms with Crippen LogP contribution in [0, 0.1) is 5.92 Å². The molecule has 0 spiro atoms. The van der Waals surface area contributed by atoms with E-state index in [1.165, 1.54) is 0 Å². The fourth-order valence-electron chi connectivity index (χ4n) is 3.46. The Morgan fingerprint density at radius 3 is 2.44 bits per heavy atom. The van der Waals surface area contributed by atoms with Crippen molar-refractivity contribution in [2.45, 2.75) is 12.8 Å². The summed E-state index contributed by atoms with van der Waals surface area (Å²) < 4.78 is 5.32.